The molecular weight excluding hydrogens is 375 g/mol. The van der Waals surface area contributed by atoms with Crippen LogP contribution in [0.5, 0.6) is 5.75 Å². The molecule has 1 nitrogen and oxygen atoms in total. The molecule has 0 bridgehead atoms. The molecule has 2 rings (SSSR count). The number of halogens is 6. The lowest BCUT2D eigenvalue weighted by Crippen LogP contribution is -2.18. The molecule has 0 saturated heterocycles. The molecule has 0 amide bonds. The van der Waals surface area contributed by atoms with Gasteiger partial charge in [0.25, 0.3) is 0 Å². The van der Waals surface area contributed by atoms with E-state index in [1.54, 1.807) is 20.8 Å². The Hall–Kier alpha value is -1.82. The monoisotopic (exact) mass is 392 g/mol. The lowest BCUT2D eigenvalue weighted by molar-refractivity contribution is -0.274. The fourth-order valence-electron chi connectivity index (χ4n) is 2.77. The topological polar surface area (TPSA) is 9.23 Å². The maximum Gasteiger partial charge on any atom is 0.573 e. The largest absolute Gasteiger partial charge is 0.573 e. The van der Waals surface area contributed by atoms with E-state index < -0.39 is 29.7 Å². The van der Waals surface area contributed by atoms with Crippen LogP contribution in [0.2, 0.25) is 5.02 Å². The molecule has 0 aliphatic rings. The highest BCUT2D eigenvalue weighted by molar-refractivity contribution is 6.30. The van der Waals surface area contributed by atoms with E-state index in [1.807, 2.05) is 0 Å². The summed E-state index contributed by atoms with van der Waals surface area (Å²) in [6, 6.07) is 6.07. The first-order valence-corrected chi connectivity index (χ1v) is 8.38. The summed E-state index contributed by atoms with van der Waals surface area (Å²) in [6.45, 7) is 4.99. The second-order valence-electron chi connectivity index (χ2n) is 6.46. The van der Waals surface area contributed by atoms with Crippen LogP contribution < -0.4 is 4.74 Å². The van der Waals surface area contributed by atoms with Gasteiger partial charge in [0, 0.05) is 5.02 Å². The summed E-state index contributed by atoms with van der Waals surface area (Å²) in [5.74, 6) is -2.44. The Labute approximate surface area is 153 Å². The van der Waals surface area contributed by atoms with Crippen LogP contribution in [0.3, 0.4) is 0 Å². The molecule has 2 aromatic carbocycles. The van der Waals surface area contributed by atoms with Gasteiger partial charge in [-0.15, -0.1) is 13.2 Å². The van der Waals surface area contributed by atoms with Crippen LogP contribution in [0.25, 0.3) is 0 Å². The van der Waals surface area contributed by atoms with Gasteiger partial charge in [0.1, 0.15) is 17.4 Å². The zero-order valence-electron chi connectivity index (χ0n) is 14.4. The van der Waals surface area contributed by atoms with Crippen molar-refractivity contribution in [1.29, 1.82) is 0 Å². The highest BCUT2D eigenvalue weighted by Gasteiger charge is 2.32. The maximum absolute atomic E-state index is 14.7. The quantitative estimate of drug-likeness (QED) is 0.498. The molecule has 1 atom stereocenters. The fraction of sp³-hybridized carbons (Fsp3) is 0.368. The van der Waals surface area contributed by atoms with Crippen LogP contribution in [0, 0.1) is 11.6 Å². The molecule has 26 heavy (non-hydrogen) atoms. The van der Waals surface area contributed by atoms with Crippen LogP contribution >= 0.6 is 11.6 Å². The van der Waals surface area contributed by atoms with Crippen LogP contribution in [0.15, 0.2) is 30.3 Å². The molecule has 2 aromatic rings. The first-order chi connectivity index (χ1) is 12.0. The average Bonchev–Trinajstić information content (AvgIpc) is 2.50. The molecule has 1 unspecified atom stereocenters. The average molecular weight is 393 g/mol. The fourth-order valence-corrected chi connectivity index (χ4v) is 2.95. The third-order valence-corrected chi connectivity index (χ3v) is 4.26. The van der Waals surface area contributed by atoms with Crippen LogP contribution in [0.1, 0.15) is 49.3 Å². The summed E-state index contributed by atoms with van der Waals surface area (Å²) in [6.07, 6.45) is -4.88. The number of hydrogen-bond acceptors (Lipinski definition) is 1. The van der Waals surface area contributed by atoms with Gasteiger partial charge in [-0.25, -0.2) is 8.78 Å². The molecule has 0 spiro atoms. The molecule has 0 N–H and O–H groups in total. The van der Waals surface area contributed by atoms with Crippen molar-refractivity contribution in [1.82, 2.24) is 0 Å². The van der Waals surface area contributed by atoms with E-state index in [-0.39, 0.29) is 29.0 Å². The lowest BCUT2D eigenvalue weighted by atomic mass is 9.90. The van der Waals surface area contributed by atoms with Crippen molar-refractivity contribution in [3.63, 3.8) is 0 Å². The van der Waals surface area contributed by atoms with Crippen molar-refractivity contribution in [2.75, 3.05) is 0 Å². The summed E-state index contributed by atoms with van der Waals surface area (Å²) in [5, 5.41) is 0.325. The molecule has 142 valence electrons. The number of rotatable bonds is 5. The van der Waals surface area contributed by atoms with Gasteiger partial charge in [-0.1, -0.05) is 32.4 Å². The van der Waals surface area contributed by atoms with Gasteiger partial charge >= 0.3 is 6.36 Å². The van der Waals surface area contributed by atoms with E-state index in [1.165, 1.54) is 18.2 Å². The summed E-state index contributed by atoms with van der Waals surface area (Å²) in [5.41, 5.74) is 0.410. The van der Waals surface area contributed by atoms with E-state index >= 15 is 0 Å². The van der Waals surface area contributed by atoms with Gasteiger partial charge in [0.05, 0.1) is 0 Å². The molecule has 0 saturated carbocycles. The molecule has 7 heteroatoms. The van der Waals surface area contributed by atoms with Gasteiger partial charge in [-0.3, -0.25) is 0 Å². The van der Waals surface area contributed by atoms with Crippen molar-refractivity contribution in [2.45, 2.75) is 45.4 Å². The van der Waals surface area contributed by atoms with Crippen LogP contribution in [0.4, 0.5) is 22.0 Å². The van der Waals surface area contributed by atoms with Gasteiger partial charge < -0.3 is 4.74 Å². The highest BCUT2D eigenvalue weighted by Crippen LogP contribution is 2.33. The summed E-state index contributed by atoms with van der Waals surface area (Å²) in [7, 11) is 0. The number of benzene rings is 2. The van der Waals surface area contributed by atoms with Crippen molar-refractivity contribution in [3.8, 4) is 5.75 Å². The Bertz CT molecular complexity index is 786. The molecular formula is C19H18ClF5O. The Morgan fingerprint density at radius 3 is 2.23 bits per heavy atom. The number of alkyl halides is 3. The lowest BCUT2D eigenvalue weighted by Gasteiger charge is -2.19. The van der Waals surface area contributed by atoms with Gasteiger partial charge in [0.15, 0.2) is 0 Å². The Morgan fingerprint density at radius 2 is 1.65 bits per heavy atom. The minimum absolute atomic E-state index is 0.00211. The second-order valence-corrected chi connectivity index (χ2v) is 6.90. The number of hydrogen-bond donors (Lipinski definition) is 0. The third kappa shape index (κ3) is 5.10. The minimum Gasteiger partial charge on any atom is -0.406 e. The first kappa shape index (κ1) is 20.5. The van der Waals surface area contributed by atoms with Crippen LogP contribution in [-0.2, 0) is 6.42 Å². The van der Waals surface area contributed by atoms with Gasteiger partial charge in [0.2, 0.25) is 0 Å². The Morgan fingerprint density at radius 1 is 1.00 bits per heavy atom. The van der Waals surface area contributed by atoms with E-state index in [0.29, 0.717) is 5.02 Å². The van der Waals surface area contributed by atoms with Crippen molar-refractivity contribution >= 4 is 11.6 Å². The Balaban J connectivity index is 2.42. The van der Waals surface area contributed by atoms with Crippen molar-refractivity contribution in [3.05, 3.63) is 63.7 Å². The predicted molar refractivity (Wildman–Crippen MR) is 90.7 cm³/mol. The van der Waals surface area contributed by atoms with Crippen LogP contribution in [-0.4, -0.2) is 6.36 Å². The molecule has 0 heterocycles. The highest BCUT2D eigenvalue weighted by atomic mass is 35.5. The van der Waals surface area contributed by atoms with Gasteiger partial charge in [-0.2, -0.15) is 0 Å². The van der Waals surface area contributed by atoms with Crippen molar-refractivity contribution < 1.29 is 26.7 Å². The molecule has 0 fully saturated rings. The predicted octanol–water partition coefficient (Wildman–Crippen LogP) is 6.99. The zero-order chi connectivity index (χ0) is 19.6. The SMILES string of the molecule is CC(C)c1cc(OC(F)(F)F)cc(CC(C)c2cc(Cl)ccc2F)c1F. The van der Waals surface area contributed by atoms with E-state index in [4.69, 9.17) is 11.6 Å². The van der Waals surface area contributed by atoms with E-state index in [2.05, 4.69) is 4.74 Å². The molecule has 0 radical (unpaired) electrons. The normalized spacial score (nSPS) is 13.2. The first-order valence-electron chi connectivity index (χ1n) is 8.01. The summed E-state index contributed by atoms with van der Waals surface area (Å²) < 4.78 is 70.4. The standard InChI is InChI=1S/C19H18ClF5O/c1-10(2)15-9-14(26-19(23,24)25)7-12(18(15)22)6-11(3)16-8-13(20)4-5-17(16)21/h4-5,7-11H,6H2,1-3H3. The third-order valence-electron chi connectivity index (χ3n) is 4.02. The van der Waals surface area contributed by atoms with E-state index in [9.17, 15) is 22.0 Å². The number of ether oxygens (including phenoxy) is 1. The summed E-state index contributed by atoms with van der Waals surface area (Å²) in [4.78, 5) is 0. The Kier molecular flexibility index (Phi) is 6.17. The summed E-state index contributed by atoms with van der Waals surface area (Å²) >= 11 is 5.87. The van der Waals surface area contributed by atoms with Gasteiger partial charge in [-0.05, 0) is 65.3 Å². The van der Waals surface area contributed by atoms with E-state index in [0.717, 1.165) is 12.1 Å². The molecule has 0 aliphatic carbocycles. The maximum atomic E-state index is 14.7. The molecule has 0 aromatic heterocycles. The smallest absolute Gasteiger partial charge is 0.406 e. The zero-order valence-corrected chi connectivity index (χ0v) is 15.2. The minimum atomic E-state index is -4.88. The second kappa shape index (κ2) is 7.82. The van der Waals surface area contributed by atoms with Crippen molar-refractivity contribution in [2.24, 2.45) is 0 Å². The molecule has 0 aliphatic heterocycles.